The van der Waals surface area contributed by atoms with Crippen molar-refractivity contribution >= 4 is 11.8 Å². The van der Waals surface area contributed by atoms with E-state index >= 15 is 0 Å². The van der Waals surface area contributed by atoms with E-state index in [0.29, 0.717) is 13.0 Å². The van der Waals surface area contributed by atoms with E-state index in [4.69, 9.17) is 5.73 Å². The van der Waals surface area contributed by atoms with Crippen molar-refractivity contribution in [1.82, 2.24) is 10.2 Å². The Morgan fingerprint density at radius 1 is 1.17 bits per heavy atom. The van der Waals surface area contributed by atoms with Crippen molar-refractivity contribution in [3.8, 4) is 0 Å². The molecular formula is C18H29N3O2. The van der Waals surface area contributed by atoms with Gasteiger partial charge < -0.3 is 16.0 Å². The molecule has 1 rings (SSSR count). The first-order chi connectivity index (χ1) is 11.1. The highest BCUT2D eigenvalue weighted by Gasteiger charge is 2.19. The van der Waals surface area contributed by atoms with Gasteiger partial charge in [0, 0.05) is 13.0 Å². The fourth-order valence-corrected chi connectivity index (χ4v) is 2.54. The van der Waals surface area contributed by atoms with Crippen LogP contribution in [0.1, 0.15) is 32.3 Å². The van der Waals surface area contributed by atoms with Gasteiger partial charge in [-0.3, -0.25) is 9.59 Å². The molecule has 0 saturated carbocycles. The minimum atomic E-state index is -0.458. The first-order valence-electron chi connectivity index (χ1n) is 8.39. The molecule has 0 spiro atoms. The van der Waals surface area contributed by atoms with Gasteiger partial charge in [-0.05, 0) is 38.0 Å². The molecule has 0 aliphatic carbocycles. The molecule has 0 radical (unpaired) electrons. The fraction of sp³-hybridized carbons (Fsp3) is 0.556. The average Bonchev–Trinajstić information content (AvgIpc) is 2.55. The summed E-state index contributed by atoms with van der Waals surface area (Å²) in [7, 11) is 0. The molecule has 5 nitrogen and oxygen atoms in total. The molecule has 1 aromatic carbocycles. The molecule has 0 heterocycles. The number of carbonyl (C=O) groups excluding carboxylic acids is 2. The molecule has 0 aliphatic rings. The zero-order valence-corrected chi connectivity index (χ0v) is 14.3. The second-order valence-electron chi connectivity index (χ2n) is 5.72. The van der Waals surface area contributed by atoms with Crippen LogP contribution < -0.4 is 11.1 Å². The highest BCUT2D eigenvalue weighted by Crippen LogP contribution is 2.12. The maximum absolute atomic E-state index is 12.0. The summed E-state index contributed by atoms with van der Waals surface area (Å²) in [4.78, 5) is 25.9. The largest absolute Gasteiger partial charge is 0.369 e. The molecule has 1 aromatic rings. The van der Waals surface area contributed by atoms with Gasteiger partial charge in [0.1, 0.15) is 0 Å². The molecule has 1 atom stereocenters. The van der Waals surface area contributed by atoms with E-state index in [0.717, 1.165) is 31.6 Å². The number of nitrogens with one attached hydrogen (secondary N) is 1. The van der Waals surface area contributed by atoms with Crippen LogP contribution >= 0.6 is 0 Å². The zero-order valence-electron chi connectivity index (χ0n) is 14.3. The van der Waals surface area contributed by atoms with Crippen LogP contribution in [0.5, 0.6) is 0 Å². The van der Waals surface area contributed by atoms with Gasteiger partial charge in [-0.1, -0.05) is 44.2 Å². The lowest BCUT2D eigenvalue weighted by atomic mass is 9.95. The van der Waals surface area contributed by atoms with E-state index in [-0.39, 0.29) is 12.3 Å². The standard InChI is InChI=1S/C18H29N3O2/c1-3-21(4-2)12-8-11-20-17(22)14-16(18(19)23)13-15-9-6-5-7-10-15/h5-7,9-10,16H,3-4,8,11-14H2,1-2H3,(H2,19,23)(H,20,22)/t16-/m1/s1. The molecule has 2 amide bonds. The molecule has 0 fully saturated rings. The van der Waals surface area contributed by atoms with Crippen LogP contribution in [0.2, 0.25) is 0 Å². The van der Waals surface area contributed by atoms with Gasteiger partial charge in [0.25, 0.3) is 0 Å². The highest BCUT2D eigenvalue weighted by molar-refractivity contribution is 5.85. The number of hydrogen-bond donors (Lipinski definition) is 2. The van der Waals surface area contributed by atoms with Crippen molar-refractivity contribution in [3.05, 3.63) is 35.9 Å². The summed E-state index contributed by atoms with van der Waals surface area (Å²) in [6.07, 6.45) is 1.56. The number of benzene rings is 1. The molecule has 0 bridgehead atoms. The zero-order chi connectivity index (χ0) is 17.1. The second kappa shape index (κ2) is 10.8. The smallest absolute Gasteiger partial charge is 0.221 e. The van der Waals surface area contributed by atoms with Gasteiger partial charge in [0.05, 0.1) is 5.92 Å². The maximum Gasteiger partial charge on any atom is 0.221 e. The average molecular weight is 319 g/mol. The number of primary amides is 1. The van der Waals surface area contributed by atoms with Crippen molar-refractivity contribution in [2.45, 2.75) is 33.1 Å². The van der Waals surface area contributed by atoms with E-state index in [1.807, 2.05) is 30.3 Å². The lowest BCUT2D eigenvalue weighted by molar-refractivity contribution is -0.128. The topological polar surface area (TPSA) is 75.4 Å². The number of carbonyl (C=O) groups is 2. The minimum Gasteiger partial charge on any atom is -0.369 e. The Kier molecular flexibility index (Phi) is 8.98. The summed E-state index contributed by atoms with van der Waals surface area (Å²) in [5.41, 5.74) is 6.46. The van der Waals surface area contributed by atoms with E-state index in [1.165, 1.54) is 0 Å². The van der Waals surface area contributed by atoms with Gasteiger partial charge >= 0.3 is 0 Å². The van der Waals surface area contributed by atoms with Crippen LogP contribution in [-0.4, -0.2) is 42.9 Å². The minimum absolute atomic E-state index is 0.107. The van der Waals surface area contributed by atoms with Crippen molar-refractivity contribution < 1.29 is 9.59 Å². The summed E-state index contributed by atoms with van der Waals surface area (Å²) in [5.74, 6) is -0.989. The second-order valence-corrected chi connectivity index (χ2v) is 5.72. The quantitative estimate of drug-likeness (QED) is 0.608. The lowest BCUT2D eigenvalue weighted by Gasteiger charge is -2.18. The molecule has 0 saturated heterocycles. The number of amides is 2. The van der Waals surface area contributed by atoms with Gasteiger partial charge in [-0.2, -0.15) is 0 Å². The normalized spacial score (nSPS) is 12.1. The summed E-state index contributed by atoms with van der Waals surface area (Å²) in [6.45, 7) is 7.89. The van der Waals surface area contributed by atoms with Crippen molar-refractivity contribution in [1.29, 1.82) is 0 Å². The molecule has 23 heavy (non-hydrogen) atoms. The summed E-state index contributed by atoms with van der Waals surface area (Å²) >= 11 is 0. The summed E-state index contributed by atoms with van der Waals surface area (Å²) in [5, 5.41) is 2.88. The predicted octanol–water partition coefficient (Wildman–Crippen LogP) is 1.57. The van der Waals surface area contributed by atoms with Crippen LogP contribution in [0.4, 0.5) is 0 Å². The van der Waals surface area contributed by atoms with Crippen molar-refractivity contribution in [2.75, 3.05) is 26.2 Å². The molecule has 0 aromatic heterocycles. The van der Waals surface area contributed by atoms with Gasteiger partial charge in [0.15, 0.2) is 0 Å². The number of nitrogens with two attached hydrogens (primary N) is 1. The highest BCUT2D eigenvalue weighted by atomic mass is 16.2. The van der Waals surface area contributed by atoms with Gasteiger partial charge in [-0.15, -0.1) is 0 Å². The molecule has 5 heteroatoms. The van der Waals surface area contributed by atoms with Crippen LogP contribution in [0, 0.1) is 5.92 Å². The Morgan fingerprint density at radius 3 is 2.39 bits per heavy atom. The summed E-state index contributed by atoms with van der Waals surface area (Å²) in [6, 6.07) is 9.64. The van der Waals surface area contributed by atoms with E-state index < -0.39 is 11.8 Å². The van der Waals surface area contributed by atoms with E-state index in [9.17, 15) is 9.59 Å². The lowest BCUT2D eigenvalue weighted by Crippen LogP contribution is -2.34. The molecule has 128 valence electrons. The molecule has 3 N–H and O–H groups in total. The van der Waals surface area contributed by atoms with Gasteiger partial charge in [0.2, 0.25) is 11.8 Å². The Morgan fingerprint density at radius 2 is 1.83 bits per heavy atom. The Labute approximate surface area is 139 Å². The fourth-order valence-electron chi connectivity index (χ4n) is 2.54. The molecule has 0 unspecified atom stereocenters. The Balaban J connectivity index is 2.35. The predicted molar refractivity (Wildman–Crippen MR) is 92.9 cm³/mol. The van der Waals surface area contributed by atoms with Crippen molar-refractivity contribution in [3.63, 3.8) is 0 Å². The third-order valence-corrected chi connectivity index (χ3v) is 4.03. The Bertz CT molecular complexity index is 472. The van der Waals surface area contributed by atoms with E-state index in [1.54, 1.807) is 0 Å². The SMILES string of the molecule is CCN(CC)CCCNC(=O)C[C@@H](Cc1ccccc1)C(N)=O. The monoisotopic (exact) mass is 319 g/mol. The Hall–Kier alpha value is -1.88. The van der Waals surface area contributed by atoms with E-state index in [2.05, 4.69) is 24.1 Å². The van der Waals surface area contributed by atoms with Crippen LogP contribution in [0.15, 0.2) is 30.3 Å². The molecular weight excluding hydrogens is 290 g/mol. The first kappa shape index (κ1) is 19.2. The third kappa shape index (κ3) is 7.79. The van der Waals surface area contributed by atoms with Gasteiger partial charge in [-0.25, -0.2) is 0 Å². The summed E-state index contributed by atoms with van der Waals surface area (Å²) < 4.78 is 0. The number of rotatable bonds is 11. The van der Waals surface area contributed by atoms with Crippen LogP contribution in [0.3, 0.4) is 0 Å². The number of nitrogens with zero attached hydrogens (tertiary/aromatic N) is 1. The maximum atomic E-state index is 12.0. The third-order valence-electron chi connectivity index (χ3n) is 4.03. The van der Waals surface area contributed by atoms with Crippen LogP contribution in [0.25, 0.3) is 0 Å². The first-order valence-corrected chi connectivity index (χ1v) is 8.39. The molecule has 0 aliphatic heterocycles. The van der Waals surface area contributed by atoms with Crippen LogP contribution in [-0.2, 0) is 16.0 Å². The van der Waals surface area contributed by atoms with Crippen molar-refractivity contribution in [2.24, 2.45) is 11.7 Å². The number of hydrogen-bond acceptors (Lipinski definition) is 3.